The van der Waals surface area contributed by atoms with Crippen LogP contribution in [0.5, 0.6) is 0 Å². The molecule has 0 saturated carbocycles. The van der Waals surface area contributed by atoms with Crippen LogP contribution < -0.4 is 10.6 Å². The molecule has 1 aliphatic heterocycles. The van der Waals surface area contributed by atoms with Crippen LogP contribution in [0.25, 0.3) is 0 Å². The SMILES string of the molecule is CCC(N)Cc1c(Cl)cccc1N1CCCCC1CC. The lowest BCUT2D eigenvalue weighted by Gasteiger charge is -2.38. The maximum Gasteiger partial charge on any atom is 0.0459 e. The van der Waals surface area contributed by atoms with Crippen LogP contribution in [-0.2, 0) is 6.42 Å². The van der Waals surface area contributed by atoms with Gasteiger partial charge < -0.3 is 10.6 Å². The number of hydrogen-bond donors (Lipinski definition) is 1. The fourth-order valence-corrected chi connectivity index (χ4v) is 3.41. The molecule has 1 fully saturated rings. The summed E-state index contributed by atoms with van der Waals surface area (Å²) in [5, 5.41) is 0.867. The van der Waals surface area contributed by atoms with Crippen molar-refractivity contribution in [3.63, 3.8) is 0 Å². The van der Waals surface area contributed by atoms with Crippen molar-refractivity contribution in [3.8, 4) is 0 Å². The summed E-state index contributed by atoms with van der Waals surface area (Å²) >= 11 is 6.46. The number of rotatable bonds is 5. The Hall–Kier alpha value is -0.730. The summed E-state index contributed by atoms with van der Waals surface area (Å²) in [5.74, 6) is 0. The Morgan fingerprint density at radius 1 is 1.35 bits per heavy atom. The number of nitrogens with two attached hydrogens (primary N) is 1. The Balaban J connectivity index is 2.31. The van der Waals surface area contributed by atoms with Crippen LogP contribution in [0.4, 0.5) is 5.69 Å². The Kier molecular flexibility index (Phi) is 5.74. The summed E-state index contributed by atoms with van der Waals surface area (Å²) in [7, 11) is 0. The topological polar surface area (TPSA) is 29.3 Å². The molecular formula is C17H27ClN2. The highest BCUT2D eigenvalue weighted by atomic mass is 35.5. The predicted molar refractivity (Wildman–Crippen MR) is 88.7 cm³/mol. The van der Waals surface area contributed by atoms with E-state index in [1.54, 1.807) is 0 Å². The molecule has 1 heterocycles. The molecular weight excluding hydrogens is 268 g/mol. The summed E-state index contributed by atoms with van der Waals surface area (Å²) < 4.78 is 0. The minimum Gasteiger partial charge on any atom is -0.368 e. The number of nitrogens with zero attached hydrogens (tertiary/aromatic N) is 1. The number of piperidine rings is 1. The first-order valence-corrected chi connectivity index (χ1v) is 8.34. The smallest absolute Gasteiger partial charge is 0.0459 e. The van der Waals surface area contributed by atoms with E-state index in [0.717, 1.165) is 24.4 Å². The molecule has 2 N–H and O–H groups in total. The van der Waals surface area contributed by atoms with Crippen molar-refractivity contribution < 1.29 is 0 Å². The molecule has 0 spiro atoms. The molecule has 1 saturated heterocycles. The van der Waals surface area contributed by atoms with Gasteiger partial charge in [0, 0.05) is 29.3 Å². The molecule has 0 bridgehead atoms. The van der Waals surface area contributed by atoms with E-state index in [4.69, 9.17) is 17.3 Å². The average molecular weight is 295 g/mol. The third-order valence-corrected chi connectivity index (χ3v) is 4.85. The lowest BCUT2D eigenvalue weighted by molar-refractivity contribution is 0.448. The van der Waals surface area contributed by atoms with E-state index in [0.29, 0.717) is 6.04 Å². The second-order valence-electron chi connectivity index (χ2n) is 5.86. The number of anilines is 1. The van der Waals surface area contributed by atoms with Crippen molar-refractivity contribution in [2.75, 3.05) is 11.4 Å². The van der Waals surface area contributed by atoms with Crippen LogP contribution in [0.15, 0.2) is 18.2 Å². The van der Waals surface area contributed by atoms with Gasteiger partial charge in [-0.3, -0.25) is 0 Å². The monoisotopic (exact) mass is 294 g/mol. The largest absolute Gasteiger partial charge is 0.368 e. The summed E-state index contributed by atoms with van der Waals surface area (Å²) in [4.78, 5) is 2.56. The molecule has 0 aromatic heterocycles. The van der Waals surface area contributed by atoms with Gasteiger partial charge in [-0.2, -0.15) is 0 Å². The number of halogens is 1. The molecule has 3 heteroatoms. The quantitative estimate of drug-likeness (QED) is 0.873. The zero-order valence-corrected chi connectivity index (χ0v) is 13.5. The normalized spacial score (nSPS) is 21.0. The maximum atomic E-state index is 6.46. The molecule has 0 aliphatic carbocycles. The van der Waals surface area contributed by atoms with E-state index in [2.05, 4.69) is 30.9 Å². The highest BCUT2D eigenvalue weighted by Crippen LogP contribution is 2.33. The summed E-state index contributed by atoms with van der Waals surface area (Å²) in [5.41, 5.74) is 8.71. The Bertz CT molecular complexity index is 433. The van der Waals surface area contributed by atoms with Crippen molar-refractivity contribution in [1.82, 2.24) is 0 Å². The van der Waals surface area contributed by atoms with Crippen LogP contribution in [0.2, 0.25) is 5.02 Å². The van der Waals surface area contributed by atoms with Crippen LogP contribution in [0, 0.1) is 0 Å². The number of hydrogen-bond acceptors (Lipinski definition) is 2. The highest BCUT2D eigenvalue weighted by molar-refractivity contribution is 6.31. The van der Waals surface area contributed by atoms with Crippen molar-refractivity contribution in [2.24, 2.45) is 5.73 Å². The standard InChI is InChI=1S/C17H27ClN2/c1-3-13(19)12-15-16(18)9-7-10-17(15)20-11-6-5-8-14(20)4-2/h7,9-10,13-14H,3-6,8,11-12,19H2,1-2H3. The van der Waals surface area contributed by atoms with Gasteiger partial charge in [0.15, 0.2) is 0 Å². The lowest BCUT2D eigenvalue weighted by Crippen LogP contribution is -2.40. The predicted octanol–water partition coefficient (Wildman–Crippen LogP) is 4.39. The van der Waals surface area contributed by atoms with Gasteiger partial charge >= 0.3 is 0 Å². The van der Waals surface area contributed by atoms with Crippen molar-refractivity contribution in [2.45, 2.75) is 64.5 Å². The summed E-state index contributed by atoms with van der Waals surface area (Å²) in [6, 6.07) is 7.13. The van der Waals surface area contributed by atoms with Crippen LogP contribution in [-0.4, -0.2) is 18.6 Å². The fourth-order valence-electron chi connectivity index (χ4n) is 3.17. The molecule has 1 aliphatic rings. The third-order valence-electron chi connectivity index (χ3n) is 4.49. The minimum atomic E-state index is 0.193. The van der Waals surface area contributed by atoms with Crippen molar-refractivity contribution in [1.29, 1.82) is 0 Å². The van der Waals surface area contributed by atoms with Crippen molar-refractivity contribution >= 4 is 17.3 Å². The van der Waals surface area contributed by atoms with Gasteiger partial charge in [0.2, 0.25) is 0 Å². The number of benzene rings is 1. The second-order valence-corrected chi connectivity index (χ2v) is 6.27. The van der Waals surface area contributed by atoms with Crippen LogP contribution in [0.3, 0.4) is 0 Å². The molecule has 20 heavy (non-hydrogen) atoms. The molecule has 2 atom stereocenters. The third kappa shape index (κ3) is 3.48. The zero-order valence-electron chi connectivity index (χ0n) is 12.7. The lowest BCUT2D eigenvalue weighted by atomic mass is 9.96. The van der Waals surface area contributed by atoms with Gasteiger partial charge in [-0.15, -0.1) is 0 Å². The first-order valence-electron chi connectivity index (χ1n) is 7.97. The molecule has 2 rings (SSSR count). The summed E-state index contributed by atoms with van der Waals surface area (Å²) in [6.07, 6.45) is 6.98. The molecule has 2 nitrogen and oxygen atoms in total. The Labute approximate surface area is 128 Å². The van der Waals surface area contributed by atoms with Gasteiger partial charge in [0.05, 0.1) is 0 Å². The first kappa shape index (κ1) is 15.7. The van der Waals surface area contributed by atoms with Gasteiger partial charge in [-0.1, -0.05) is 31.5 Å². The van der Waals surface area contributed by atoms with Gasteiger partial charge in [-0.25, -0.2) is 0 Å². The molecule has 112 valence electrons. The summed E-state index contributed by atoms with van der Waals surface area (Å²) in [6.45, 7) is 5.56. The molecule has 0 amide bonds. The zero-order chi connectivity index (χ0) is 14.5. The van der Waals surface area contributed by atoms with E-state index in [-0.39, 0.29) is 6.04 Å². The maximum absolute atomic E-state index is 6.46. The Morgan fingerprint density at radius 3 is 2.85 bits per heavy atom. The van der Waals surface area contributed by atoms with E-state index < -0.39 is 0 Å². The van der Waals surface area contributed by atoms with Gasteiger partial charge in [0.1, 0.15) is 0 Å². The first-order chi connectivity index (χ1) is 9.67. The Morgan fingerprint density at radius 2 is 2.15 bits per heavy atom. The van der Waals surface area contributed by atoms with Gasteiger partial charge in [-0.05, 0) is 56.2 Å². The van der Waals surface area contributed by atoms with E-state index in [9.17, 15) is 0 Å². The fraction of sp³-hybridized carbons (Fsp3) is 0.647. The molecule has 1 aromatic rings. The van der Waals surface area contributed by atoms with Crippen molar-refractivity contribution in [3.05, 3.63) is 28.8 Å². The van der Waals surface area contributed by atoms with E-state index in [1.165, 1.54) is 36.9 Å². The molecule has 1 aromatic carbocycles. The van der Waals surface area contributed by atoms with E-state index in [1.807, 2.05) is 6.07 Å². The van der Waals surface area contributed by atoms with Crippen LogP contribution >= 0.6 is 11.6 Å². The molecule has 0 radical (unpaired) electrons. The highest BCUT2D eigenvalue weighted by Gasteiger charge is 2.24. The second kappa shape index (κ2) is 7.33. The average Bonchev–Trinajstić information content (AvgIpc) is 2.49. The molecule has 2 unspecified atom stereocenters. The van der Waals surface area contributed by atoms with E-state index >= 15 is 0 Å². The van der Waals surface area contributed by atoms with Gasteiger partial charge in [0.25, 0.3) is 0 Å². The van der Waals surface area contributed by atoms with Crippen LogP contribution in [0.1, 0.15) is 51.5 Å². The minimum absolute atomic E-state index is 0.193.